The lowest BCUT2D eigenvalue weighted by Gasteiger charge is -2.38. The number of likely N-dealkylation sites (tertiary alicyclic amines) is 1. The minimum absolute atomic E-state index is 0.131. The fourth-order valence-electron chi connectivity index (χ4n) is 7.25. The summed E-state index contributed by atoms with van der Waals surface area (Å²) in [6, 6.07) is 7.06. The summed E-state index contributed by atoms with van der Waals surface area (Å²) in [7, 11) is 0. The Labute approximate surface area is 242 Å². The monoisotopic (exact) mass is 565 g/mol. The molecule has 4 heterocycles. The summed E-state index contributed by atoms with van der Waals surface area (Å²) in [4.78, 5) is 47.9. The Bertz CT molecular complexity index is 1190. The van der Waals surface area contributed by atoms with E-state index in [0.29, 0.717) is 32.4 Å². The number of aliphatic hydroxyl groups excluding tert-OH is 1. The molecular weight excluding hydrogens is 522 g/mol. The van der Waals surface area contributed by atoms with E-state index in [4.69, 9.17) is 9.47 Å². The molecule has 1 aromatic carbocycles. The second-order valence-corrected chi connectivity index (χ2v) is 11.4. The second kappa shape index (κ2) is 12.0. The van der Waals surface area contributed by atoms with Crippen LogP contribution in [0.2, 0.25) is 0 Å². The minimum atomic E-state index is -1.28. The van der Waals surface area contributed by atoms with Gasteiger partial charge in [-0.15, -0.1) is 0 Å². The van der Waals surface area contributed by atoms with Gasteiger partial charge < -0.3 is 29.3 Å². The van der Waals surface area contributed by atoms with E-state index < -0.39 is 35.0 Å². The maximum atomic E-state index is 14.6. The second-order valence-electron chi connectivity index (χ2n) is 11.4. The lowest BCUT2D eigenvalue weighted by atomic mass is 9.73. The van der Waals surface area contributed by atoms with Crippen LogP contribution in [0.5, 0.6) is 0 Å². The fraction of sp³-hybridized carbons (Fsp3) is 0.594. The number of hydrogen-bond acceptors (Lipinski definition) is 7. The number of fused-ring (bicyclic) bond motifs is 2. The highest BCUT2D eigenvalue weighted by Crippen LogP contribution is 2.58. The van der Waals surface area contributed by atoms with Crippen molar-refractivity contribution in [1.82, 2.24) is 4.90 Å². The number of cyclic esters (lactones) is 1. The van der Waals surface area contributed by atoms with Gasteiger partial charge in [0.25, 0.3) is 5.91 Å². The van der Waals surface area contributed by atoms with Crippen molar-refractivity contribution in [3.05, 3.63) is 48.6 Å². The molecule has 41 heavy (non-hydrogen) atoms. The number of unbranched alkanes of at least 4 members (excludes halogenated alkanes) is 3. The molecule has 0 aromatic heterocycles. The van der Waals surface area contributed by atoms with E-state index in [-0.39, 0.29) is 25.0 Å². The smallest absolute Gasteiger partial charge is 0.313 e. The molecule has 2 amide bonds. The van der Waals surface area contributed by atoms with Gasteiger partial charge >= 0.3 is 5.97 Å². The highest BCUT2D eigenvalue weighted by atomic mass is 16.6. The highest BCUT2D eigenvalue weighted by Gasteiger charge is 2.75. The van der Waals surface area contributed by atoms with E-state index in [1.54, 1.807) is 15.9 Å². The third-order valence-electron chi connectivity index (χ3n) is 9.29. The fourth-order valence-corrected chi connectivity index (χ4v) is 7.25. The average Bonchev–Trinajstić information content (AvgIpc) is 3.25. The minimum Gasteiger partial charge on any atom is -0.461 e. The van der Waals surface area contributed by atoms with E-state index in [9.17, 15) is 19.5 Å². The van der Waals surface area contributed by atoms with Crippen molar-refractivity contribution in [1.29, 1.82) is 0 Å². The molecule has 0 radical (unpaired) electrons. The quantitative estimate of drug-likeness (QED) is 0.249. The van der Waals surface area contributed by atoms with Crippen LogP contribution in [0.1, 0.15) is 52.9 Å². The molecule has 1 spiro atoms. The van der Waals surface area contributed by atoms with Gasteiger partial charge in [-0.2, -0.15) is 0 Å². The van der Waals surface area contributed by atoms with Gasteiger partial charge in [0.15, 0.2) is 0 Å². The number of esters is 1. The van der Waals surface area contributed by atoms with Crippen LogP contribution in [0.15, 0.2) is 48.6 Å². The molecule has 2 fully saturated rings. The molecule has 0 bridgehead atoms. The Kier molecular flexibility index (Phi) is 8.57. The standard InChI is InChI=1S/C32H43N3O6/c1-4-31-17-12-22-40-30(39)26(31)25-28(37)35(19-9-7-8-10-21-36)27-29(38)34(20-11-18-32(25,27)41-31)24-15-13-23(14-16-24)33(5-2)6-3/h11-18,25-27,36H,4-10,19-22H2,1-3H3/t25-,26+,27?,31-,32-/m0/s1. The van der Waals surface area contributed by atoms with Crippen LogP contribution in [-0.2, 0) is 23.9 Å². The summed E-state index contributed by atoms with van der Waals surface area (Å²) in [5, 5.41) is 9.18. The predicted molar refractivity (Wildman–Crippen MR) is 156 cm³/mol. The van der Waals surface area contributed by atoms with Crippen molar-refractivity contribution < 1.29 is 29.0 Å². The number of benzene rings is 1. The first kappa shape index (κ1) is 29.3. The lowest BCUT2D eigenvalue weighted by molar-refractivity contribution is -0.157. The van der Waals surface area contributed by atoms with Gasteiger partial charge in [-0.3, -0.25) is 14.4 Å². The Morgan fingerprint density at radius 1 is 0.927 bits per heavy atom. The summed E-state index contributed by atoms with van der Waals surface area (Å²) >= 11 is 0. The van der Waals surface area contributed by atoms with Crippen molar-refractivity contribution in [2.24, 2.45) is 11.8 Å². The van der Waals surface area contributed by atoms with Crippen molar-refractivity contribution >= 4 is 29.2 Å². The van der Waals surface area contributed by atoms with Crippen LogP contribution in [0.25, 0.3) is 0 Å². The van der Waals surface area contributed by atoms with E-state index in [0.717, 1.165) is 37.3 Å². The number of nitrogens with zero attached hydrogens (tertiary/aromatic N) is 3. The molecule has 1 N–H and O–H groups in total. The SMILES string of the molecule is CCN(CC)c1ccc(N2CC=C[C@]34O[C@@]5(CC)C=CCOC(=O)[C@H]5[C@H]3C(=O)N(CCCCCCO)C4C2=O)cc1. The van der Waals surface area contributed by atoms with Crippen LogP contribution in [0.3, 0.4) is 0 Å². The maximum Gasteiger partial charge on any atom is 0.313 e. The van der Waals surface area contributed by atoms with Crippen molar-refractivity contribution in [2.75, 3.05) is 49.2 Å². The summed E-state index contributed by atoms with van der Waals surface area (Å²) in [5.41, 5.74) is -0.465. The Hall–Kier alpha value is -3.17. The van der Waals surface area contributed by atoms with Crippen molar-refractivity contribution in [2.45, 2.75) is 70.1 Å². The Morgan fingerprint density at radius 3 is 2.34 bits per heavy atom. The van der Waals surface area contributed by atoms with Gasteiger partial charge in [0.05, 0.1) is 5.92 Å². The third-order valence-corrected chi connectivity index (χ3v) is 9.29. The average molecular weight is 566 g/mol. The Morgan fingerprint density at radius 2 is 1.66 bits per heavy atom. The molecule has 5 rings (SSSR count). The lowest BCUT2D eigenvalue weighted by Crippen LogP contribution is -2.56. The molecule has 0 aliphatic carbocycles. The summed E-state index contributed by atoms with van der Waals surface area (Å²) in [6.45, 7) is 8.92. The van der Waals surface area contributed by atoms with E-state index in [2.05, 4.69) is 18.7 Å². The number of ether oxygens (including phenoxy) is 2. The maximum absolute atomic E-state index is 14.6. The summed E-state index contributed by atoms with van der Waals surface area (Å²) < 4.78 is 12.4. The number of carbonyl (C=O) groups is 3. The summed E-state index contributed by atoms with van der Waals surface area (Å²) in [5.74, 6) is -2.59. The van der Waals surface area contributed by atoms with Crippen molar-refractivity contribution in [3.63, 3.8) is 0 Å². The molecule has 4 aliphatic rings. The molecule has 0 saturated carbocycles. The Balaban J connectivity index is 1.54. The molecule has 2 saturated heterocycles. The normalized spacial score (nSPS) is 30.5. The topological polar surface area (TPSA) is 99.6 Å². The molecule has 9 heteroatoms. The zero-order valence-electron chi connectivity index (χ0n) is 24.5. The number of hydrogen-bond donors (Lipinski definition) is 1. The number of anilines is 2. The largest absolute Gasteiger partial charge is 0.461 e. The van der Waals surface area contributed by atoms with Crippen molar-refractivity contribution in [3.8, 4) is 0 Å². The van der Waals surface area contributed by atoms with Gasteiger partial charge in [-0.25, -0.2) is 0 Å². The third kappa shape index (κ3) is 4.87. The first-order valence-corrected chi connectivity index (χ1v) is 15.2. The van der Waals surface area contributed by atoms with Crippen LogP contribution < -0.4 is 9.80 Å². The van der Waals surface area contributed by atoms with Gasteiger partial charge in [0, 0.05) is 44.2 Å². The van der Waals surface area contributed by atoms with E-state index in [1.807, 2.05) is 49.4 Å². The first-order chi connectivity index (χ1) is 19.9. The highest BCUT2D eigenvalue weighted by molar-refractivity contribution is 6.05. The molecule has 5 atom stereocenters. The molecular formula is C32H43N3O6. The van der Waals surface area contributed by atoms with Crippen LogP contribution >= 0.6 is 0 Å². The van der Waals surface area contributed by atoms with Gasteiger partial charge in [0.1, 0.15) is 29.8 Å². The zero-order chi connectivity index (χ0) is 29.2. The van der Waals surface area contributed by atoms with Crippen LogP contribution in [0, 0.1) is 11.8 Å². The molecule has 1 aromatic rings. The van der Waals surface area contributed by atoms with Gasteiger partial charge in [-0.1, -0.05) is 38.0 Å². The van der Waals surface area contributed by atoms with Gasteiger partial charge in [-0.05, 0) is 63.5 Å². The number of carbonyl (C=O) groups excluding carboxylic acids is 3. The van der Waals surface area contributed by atoms with Gasteiger partial charge in [0.2, 0.25) is 5.91 Å². The number of aliphatic hydroxyl groups is 1. The summed E-state index contributed by atoms with van der Waals surface area (Å²) in [6.07, 6.45) is 11.0. The zero-order valence-corrected chi connectivity index (χ0v) is 24.5. The molecule has 4 aliphatic heterocycles. The van der Waals surface area contributed by atoms with E-state index in [1.165, 1.54) is 0 Å². The molecule has 9 nitrogen and oxygen atoms in total. The molecule has 222 valence electrons. The van der Waals surface area contributed by atoms with Crippen LogP contribution in [-0.4, -0.2) is 84.4 Å². The number of amides is 2. The van der Waals surface area contributed by atoms with Crippen LogP contribution in [0.4, 0.5) is 11.4 Å². The van der Waals surface area contributed by atoms with E-state index >= 15 is 0 Å². The number of rotatable bonds is 11. The first-order valence-electron chi connectivity index (χ1n) is 15.2. The predicted octanol–water partition coefficient (Wildman–Crippen LogP) is 3.46. The molecule has 1 unspecified atom stereocenters.